The summed E-state index contributed by atoms with van der Waals surface area (Å²) < 4.78 is 44.0. The highest BCUT2D eigenvalue weighted by Crippen LogP contribution is 2.39. The molecule has 0 spiro atoms. The van der Waals surface area contributed by atoms with Crippen LogP contribution in [0.15, 0.2) is 30.3 Å². The second-order valence-corrected chi connectivity index (χ2v) is 3.92. The minimum absolute atomic E-state index is 0.0000463. The second kappa shape index (κ2) is 4.87. The molecule has 1 aromatic heterocycles. The molecule has 100 valence electrons. The van der Waals surface area contributed by atoms with Gasteiger partial charge in [-0.25, -0.2) is 0 Å². The summed E-state index contributed by atoms with van der Waals surface area (Å²) in [7, 11) is 1.35. The fourth-order valence-corrected chi connectivity index (χ4v) is 1.86. The van der Waals surface area contributed by atoms with Crippen LogP contribution in [0, 0.1) is 6.92 Å². The Morgan fingerprint density at radius 1 is 1.05 bits per heavy atom. The lowest BCUT2D eigenvalue weighted by Crippen LogP contribution is -2.13. The van der Waals surface area contributed by atoms with E-state index in [1.165, 1.54) is 14.0 Å². The minimum Gasteiger partial charge on any atom is -0.480 e. The maximum atomic E-state index is 13.0. The fraction of sp³-hybridized carbons (Fsp3) is 0.231. The molecule has 2 aromatic rings. The largest absolute Gasteiger partial charge is 0.480 e. The van der Waals surface area contributed by atoms with Gasteiger partial charge in [0.1, 0.15) is 0 Å². The fourth-order valence-electron chi connectivity index (χ4n) is 1.86. The van der Waals surface area contributed by atoms with Gasteiger partial charge < -0.3 is 4.74 Å². The van der Waals surface area contributed by atoms with E-state index >= 15 is 0 Å². The van der Waals surface area contributed by atoms with Crippen molar-refractivity contribution in [3.63, 3.8) is 0 Å². The Balaban J connectivity index is 2.75. The van der Waals surface area contributed by atoms with Crippen LogP contribution in [0.3, 0.4) is 0 Å². The van der Waals surface area contributed by atoms with Gasteiger partial charge in [0.25, 0.3) is 0 Å². The first-order valence-corrected chi connectivity index (χ1v) is 5.49. The molecule has 0 saturated carbocycles. The first-order valence-electron chi connectivity index (χ1n) is 5.49. The zero-order chi connectivity index (χ0) is 14.0. The SMILES string of the molecule is COc1nnc(C(F)(F)F)c(-c2ccccc2)c1C. The summed E-state index contributed by atoms with van der Waals surface area (Å²) in [4.78, 5) is 0. The van der Waals surface area contributed by atoms with Crippen molar-refractivity contribution in [3.8, 4) is 17.0 Å². The Hall–Kier alpha value is -2.11. The monoisotopic (exact) mass is 268 g/mol. The normalized spacial score (nSPS) is 11.4. The quantitative estimate of drug-likeness (QED) is 0.836. The number of nitrogens with zero attached hydrogens (tertiary/aromatic N) is 2. The molecular weight excluding hydrogens is 257 g/mol. The van der Waals surface area contributed by atoms with Crippen molar-refractivity contribution in [2.24, 2.45) is 0 Å². The zero-order valence-electron chi connectivity index (χ0n) is 10.3. The van der Waals surface area contributed by atoms with Gasteiger partial charge in [0.05, 0.1) is 7.11 Å². The highest BCUT2D eigenvalue weighted by atomic mass is 19.4. The summed E-state index contributed by atoms with van der Waals surface area (Å²) >= 11 is 0. The molecule has 0 aliphatic heterocycles. The van der Waals surface area contributed by atoms with Crippen molar-refractivity contribution >= 4 is 0 Å². The number of methoxy groups -OCH3 is 1. The average Bonchev–Trinajstić information content (AvgIpc) is 2.38. The zero-order valence-corrected chi connectivity index (χ0v) is 10.3. The molecule has 6 heteroatoms. The lowest BCUT2D eigenvalue weighted by Gasteiger charge is -2.15. The molecule has 0 amide bonds. The predicted molar refractivity (Wildman–Crippen MR) is 63.8 cm³/mol. The standard InChI is InChI=1S/C13H11F3N2O/c1-8-10(9-6-4-3-5-7-9)11(13(14,15)16)17-18-12(8)19-2/h3-7H,1-2H3. The number of rotatable bonds is 2. The van der Waals surface area contributed by atoms with Crippen LogP contribution in [0.4, 0.5) is 13.2 Å². The van der Waals surface area contributed by atoms with Gasteiger partial charge in [-0.2, -0.15) is 13.2 Å². The third kappa shape index (κ3) is 2.52. The van der Waals surface area contributed by atoms with Crippen LogP contribution < -0.4 is 4.74 Å². The number of hydrogen-bond donors (Lipinski definition) is 0. The Labute approximate surface area is 108 Å². The van der Waals surface area contributed by atoms with Gasteiger partial charge in [-0.1, -0.05) is 30.3 Å². The van der Waals surface area contributed by atoms with Crippen molar-refractivity contribution in [3.05, 3.63) is 41.6 Å². The summed E-state index contributed by atoms with van der Waals surface area (Å²) in [5.41, 5.74) is -0.256. The number of benzene rings is 1. The maximum Gasteiger partial charge on any atom is 0.435 e. The van der Waals surface area contributed by atoms with Crippen molar-refractivity contribution in [2.45, 2.75) is 13.1 Å². The third-order valence-electron chi connectivity index (χ3n) is 2.70. The summed E-state index contributed by atoms with van der Waals surface area (Å²) in [6, 6.07) is 8.26. The molecule has 0 radical (unpaired) electrons. The van der Waals surface area contributed by atoms with Gasteiger partial charge in [0, 0.05) is 11.1 Å². The molecular formula is C13H11F3N2O. The molecule has 0 saturated heterocycles. The molecule has 0 unspecified atom stereocenters. The van der Waals surface area contributed by atoms with Gasteiger partial charge in [0.2, 0.25) is 5.88 Å². The summed E-state index contributed by atoms with van der Waals surface area (Å²) in [6.07, 6.45) is -4.56. The molecule has 3 nitrogen and oxygen atoms in total. The lowest BCUT2D eigenvalue weighted by atomic mass is 9.99. The van der Waals surface area contributed by atoms with E-state index in [1.54, 1.807) is 30.3 Å². The molecule has 1 heterocycles. The van der Waals surface area contributed by atoms with Gasteiger partial charge in [-0.3, -0.25) is 0 Å². The molecule has 0 aliphatic rings. The smallest absolute Gasteiger partial charge is 0.435 e. The van der Waals surface area contributed by atoms with Crippen LogP contribution in [0.25, 0.3) is 11.1 Å². The number of aromatic nitrogens is 2. The van der Waals surface area contributed by atoms with E-state index in [0.717, 1.165) is 0 Å². The minimum atomic E-state index is -4.56. The van der Waals surface area contributed by atoms with E-state index < -0.39 is 11.9 Å². The van der Waals surface area contributed by atoms with Crippen molar-refractivity contribution in [2.75, 3.05) is 7.11 Å². The highest BCUT2D eigenvalue weighted by Gasteiger charge is 2.37. The van der Waals surface area contributed by atoms with Crippen LogP contribution in [0.1, 0.15) is 11.3 Å². The maximum absolute atomic E-state index is 13.0. The molecule has 0 aliphatic carbocycles. The predicted octanol–water partition coefficient (Wildman–Crippen LogP) is 3.48. The van der Waals surface area contributed by atoms with Crippen LogP contribution >= 0.6 is 0 Å². The highest BCUT2D eigenvalue weighted by molar-refractivity contribution is 5.71. The average molecular weight is 268 g/mol. The number of ether oxygens (including phenoxy) is 1. The molecule has 1 aromatic carbocycles. The van der Waals surface area contributed by atoms with Gasteiger partial charge in [0.15, 0.2) is 5.69 Å². The number of hydrogen-bond acceptors (Lipinski definition) is 3. The molecule has 0 bridgehead atoms. The summed E-state index contributed by atoms with van der Waals surface area (Å²) in [5.74, 6) is 0.0897. The summed E-state index contributed by atoms with van der Waals surface area (Å²) in [6.45, 7) is 1.53. The van der Waals surface area contributed by atoms with Crippen LogP contribution in [0.5, 0.6) is 5.88 Å². The van der Waals surface area contributed by atoms with Crippen molar-refractivity contribution in [1.29, 1.82) is 0 Å². The first-order chi connectivity index (χ1) is 8.95. The van der Waals surface area contributed by atoms with Gasteiger partial charge >= 0.3 is 6.18 Å². The third-order valence-corrected chi connectivity index (χ3v) is 2.70. The second-order valence-electron chi connectivity index (χ2n) is 3.92. The van der Waals surface area contributed by atoms with Crippen molar-refractivity contribution in [1.82, 2.24) is 10.2 Å². The molecule has 0 atom stereocenters. The molecule has 19 heavy (non-hydrogen) atoms. The lowest BCUT2D eigenvalue weighted by molar-refractivity contribution is -0.141. The first kappa shape index (κ1) is 13.3. The Kier molecular flexibility index (Phi) is 3.42. The number of halogens is 3. The van der Waals surface area contributed by atoms with E-state index in [0.29, 0.717) is 11.1 Å². The molecule has 0 N–H and O–H groups in total. The van der Waals surface area contributed by atoms with Crippen LogP contribution in [0.2, 0.25) is 0 Å². The summed E-state index contributed by atoms with van der Waals surface area (Å²) in [5, 5.41) is 6.72. The van der Waals surface area contributed by atoms with E-state index in [2.05, 4.69) is 10.2 Å². The van der Waals surface area contributed by atoms with Crippen LogP contribution in [-0.2, 0) is 6.18 Å². The van der Waals surface area contributed by atoms with E-state index in [4.69, 9.17) is 4.74 Å². The van der Waals surface area contributed by atoms with E-state index in [9.17, 15) is 13.2 Å². The molecule has 2 rings (SSSR count). The van der Waals surface area contributed by atoms with Gasteiger partial charge in [-0.15, -0.1) is 10.2 Å². The van der Waals surface area contributed by atoms with E-state index in [-0.39, 0.29) is 11.4 Å². The van der Waals surface area contributed by atoms with Gasteiger partial charge in [-0.05, 0) is 12.5 Å². The van der Waals surface area contributed by atoms with E-state index in [1.807, 2.05) is 0 Å². The molecule has 0 fully saturated rings. The Morgan fingerprint density at radius 2 is 1.68 bits per heavy atom. The number of alkyl halides is 3. The van der Waals surface area contributed by atoms with Crippen LogP contribution in [-0.4, -0.2) is 17.3 Å². The topological polar surface area (TPSA) is 35.0 Å². The Morgan fingerprint density at radius 3 is 2.21 bits per heavy atom. The Bertz CT molecular complexity index is 582. The van der Waals surface area contributed by atoms with Crippen molar-refractivity contribution < 1.29 is 17.9 Å².